The van der Waals surface area contributed by atoms with Gasteiger partial charge >= 0.3 is 0 Å². The monoisotopic (exact) mass is 256 g/mol. The van der Waals surface area contributed by atoms with Crippen molar-refractivity contribution in [2.45, 2.75) is 43.4 Å². The third kappa shape index (κ3) is 3.12. The second-order valence-electron chi connectivity index (χ2n) is 4.70. The predicted molar refractivity (Wildman–Crippen MR) is 68.4 cm³/mol. The zero-order chi connectivity index (χ0) is 12.3. The van der Waals surface area contributed by atoms with E-state index in [9.17, 15) is 4.39 Å². The van der Waals surface area contributed by atoms with Crippen molar-refractivity contribution in [1.29, 1.82) is 0 Å². The maximum Gasteiger partial charge on any atom is 0.130 e. The van der Waals surface area contributed by atoms with Crippen LogP contribution in [0.25, 0.3) is 0 Å². The van der Waals surface area contributed by atoms with E-state index in [2.05, 4.69) is 0 Å². The number of rotatable bonds is 2. The summed E-state index contributed by atoms with van der Waals surface area (Å²) in [7, 11) is 1.55. The van der Waals surface area contributed by atoms with Gasteiger partial charge in [-0.15, -0.1) is 11.6 Å². The minimum Gasteiger partial charge on any atom is -0.497 e. The van der Waals surface area contributed by atoms with Crippen LogP contribution in [0.5, 0.6) is 5.75 Å². The van der Waals surface area contributed by atoms with Gasteiger partial charge in [-0.1, -0.05) is 18.9 Å². The second-order valence-corrected chi connectivity index (χ2v) is 5.32. The number of halogens is 2. The fourth-order valence-corrected chi connectivity index (χ4v) is 2.92. The Balaban J connectivity index is 2.20. The van der Waals surface area contributed by atoms with Crippen molar-refractivity contribution in [1.82, 2.24) is 0 Å². The Morgan fingerprint density at radius 2 is 2.06 bits per heavy atom. The molecule has 0 N–H and O–H groups in total. The molecular formula is C14H18ClFO. The molecule has 94 valence electrons. The molecule has 0 spiro atoms. The third-order valence-electron chi connectivity index (χ3n) is 3.51. The number of alkyl halides is 1. The van der Waals surface area contributed by atoms with Gasteiger partial charge in [0, 0.05) is 11.4 Å². The number of benzene rings is 1. The van der Waals surface area contributed by atoms with Crippen molar-refractivity contribution < 1.29 is 9.13 Å². The SMILES string of the molecule is COc1ccc(C2CCCCC(Cl)C2)c(F)c1. The number of methoxy groups -OCH3 is 1. The fourth-order valence-electron chi connectivity index (χ4n) is 2.55. The molecule has 0 radical (unpaired) electrons. The molecule has 1 saturated carbocycles. The molecule has 2 unspecified atom stereocenters. The molecule has 1 aromatic rings. The summed E-state index contributed by atoms with van der Waals surface area (Å²) in [5.74, 6) is 0.660. The lowest BCUT2D eigenvalue weighted by Crippen LogP contribution is -2.06. The van der Waals surface area contributed by atoms with Gasteiger partial charge in [-0.05, 0) is 36.8 Å². The van der Waals surface area contributed by atoms with Crippen molar-refractivity contribution in [3.8, 4) is 5.75 Å². The van der Waals surface area contributed by atoms with Crippen molar-refractivity contribution in [2.24, 2.45) is 0 Å². The van der Waals surface area contributed by atoms with E-state index in [1.54, 1.807) is 7.11 Å². The topological polar surface area (TPSA) is 9.23 Å². The number of hydrogen-bond acceptors (Lipinski definition) is 1. The summed E-state index contributed by atoms with van der Waals surface area (Å²) in [6, 6.07) is 5.13. The molecule has 0 bridgehead atoms. The molecule has 0 saturated heterocycles. The molecule has 0 heterocycles. The van der Waals surface area contributed by atoms with Crippen LogP contribution in [0.3, 0.4) is 0 Å². The lowest BCUT2D eigenvalue weighted by atomic mass is 9.91. The van der Waals surface area contributed by atoms with Crippen molar-refractivity contribution in [3.05, 3.63) is 29.6 Å². The van der Waals surface area contributed by atoms with Crippen LogP contribution in [0.4, 0.5) is 4.39 Å². The van der Waals surface area contributed by atoms with E-state index in [0.29, 0.717) is 5.75 Å². The van der Waals surface area contributed by atoms with E-state index in [-0.39, 0.29) is 17.1 Å². The molecule has 1 aromatic carbocycles. The molecule has 0 aromatic heterocycles. The molecule has 2 atom stereocenters. The minimum atomic E-state index is -0.167. The van der Waals surface area contributed by atoms with Crippen molar-refractivity contribution >= 4 is 11.6 Å². The van der Waals surface area contributed by atoms with Gasteiger partial charge in [-0.25, -0.2) is 4.39 Å². The largest absolute Gasteiger partial charge is 0.497 e. The Kier molecular flexibility index (Phi) is 4.27. The smallest absolute Gasteiger partial charge is 0.130 e. The van der Waals surface area contributed by atoms with Gasteiger partial charge in [0.05, 0.1) is 7.11 Å². The highest BCUT2D eigenvalue weighted by molar-refractivity contribution is 6.20. The summed E-state index contributed by atoms with van der Waals surface area (Å²) in [5.41, 5.74) is 0.790. The van der Waals surface area contributed by atoms with Crippen molar-refractivity contribution in [3.63, 3.8) is 0 Å². The Labute approximate surface area is 107 Å². The molecular weight excluding hydrogens is 239 g/mol. The highest BCUT2D eigenvalue weighted by Crippen LogP contribution is 2.35. The molecule has 0 aliphatic heterocycles. The Morgan fingerprint density at radius 1 is 1.29 bits per heavy atom. The van der Waals surface area contributed by atoms with Crippen molar-refractivity contribution in [2.75, 3.05) is 7.11 Å². The van der Waals surface area contributed by atoms with Gasteiger partial charge < -0.3 is 4.74 Å². The van der Waals surface area contributed by atoms with Gasteiger partial charge in [-0.3, -0.25) is 0 Å². The van der Waals surface area contributed by atoms with Crippen LogP contribution in [0, 0.1) is 5.82 Å². The summed E-state index contributed by atoms with van der Waals surface area (Å²) in [4.78, 5) is 0. The van der Waals surface area contributed by atoms with Crippen LogP contribution in [0.2, 0.25) is 0 Å². The summed E-state index contributed by atoms with van der Waals surface area (Å²) in [6.45, 7) is 0. The first kappa shape index (κ1) is 12.7. The van der Waals surface area contributed by atoms with Crippen LogP contribution in [0.1, 0.15) is 43.6 Å². The lowest BCUT2D eigenvalue weighted by molar-refractivity contribution is 0.409. The van der Waals surface area contributed by atoms with Crippen LogP contribution in [0.15, 0.2) is 18.2 Å². The third-order valence-corrected chi connectivity index (χ3v) is 3.90. The molecule has 17 heavy (non-hydrogen) atoms. The first-order chi connectivity index (χ1) is 8.20. The first-order valence-corrected chi connectivity index (χ1v) is 6.62. The summed E-state index contributed by atoms with van der Waals surface area (Å²) < 4.78 is 19.0. The fraction of sp³-hybridized carbons (Fsp3) is 0.571. The molecule has 1 aliphatic carbocycles. The van der Waals surface area contributed by atoms with Gasteiger partial charge in [-0.2, -0.15) is 0 Å². The van der Waals surface area contributed by atoms with Gasteiger partial charge in [0.25, 0.3) is 0 Å². The Morgan fingerprint density at radius 3 is 2.76 bits per heavy atom. The Bertz CT molecular complexity index is 380. The van der Waals surface area contributed by atoms with E-state index >= 15 is 0 Å². The molecule has 0 amide bonds. The van der Waals surface area contributed by atoms with E-state index < -0.39 is 0 Å². The molecule has 3 heteroatoms. The maximum absolute atomic E-state index is 14.0. The number of ether oxygens (including phenoxy) is 1. The lowest BCUT2D eigenvalue weighted by Gasteiger charge is -2.17. The number of hydrogen-bond donors (Lipinski definition) is 0. The summed E-state index contributed by atoms with van der Waals surface area (Å²) >= 11 is 6.23. The van der Waals surface area contributed by atoms with Crippen LogP contribution in [-0.4, -0.2) is 12.5 Å². The zero-order valence-electron chi connectivity index (χ0n) is 10.1. The molecule has 1 aliphatic rings. The average molecular weight is 257 g/mol. The van der Waals surface area contributed by atoms with E-state index in [4.69, 9.17) is 16.3 Å². The molecule has 1 nitrogen and oxygen atoms in total. The highest BCUT2D eigenvalue weighted by atomic mass is 35.5. The van der Waals surface area contributed by atoms with Crippen LogP contribution < -0.4 is 4.74 Å². The summed E-state index contributed by atoms with van der Waals surface area (Å²) in [6.07, 6.45) is 5.26. The van der Waals surface area contributed by atoms with E-state index in [1.807, 2.05) is 12.1 Å². The van der Waals surface area contributed by atoms with E-state index in [0.717, 1.165) is 37.7 Å². The quantitative estimate of drug-likeness (QED) is 0.560. The van der Waals surface area contributed by atoms with Gasteiger partial charge in [0.15, 0.2) is 0 Å². The van der Waals surface area contributed by atoms with Crippen LogP contribution >= 0.6 is 11.6 Å². The van der Waals surface area contributed by atoms with Gasteiger partial charge in [0.1, 0.15) is 11.6 Å². The van der Waals surface area contributed by atoms with E-state index in [1.165, 1.54) is 6.07 Å². The average Bonchev–Trinajstić information content (AvgIpc) is 2.53. The van der Waals surface area contributed by atoms with Gasteiger partial charge in [0.2, 0.25) is 0 Å². The standard InChI is InChI=1S/C14H18ClFO/c1-17-12-6-7-13(14(16)9-12)10-4-2-3-5-11(15)8-10/h6-7,9-11H,2-5,8H2,1H3. The Hall–Kier alpha value is -0.760. The second kappa shape index (κ2) is 5.72. The highest BCUT2D eigenvalue weighted by Gasteiger charge is 2.22. The zero-order valence-corrected chi connectivity index (χ0v) is 10.8. The molecule has 1 fully saturated rings. The minimum absolute atomic E-state index is 0.167. The maximum atomic E-state index is 14.0. The predicted octanol–water partition coefficient (Wildman–Crippen LogP) is 4.49. The molecule has 2 rings (SSSR count). The first-order valence-electron chi connectivity index (χ1n) is 6.18. The van der Waals surface area contributed by atoms with Crippen LogP contribution in [-0.2, 0) is 0 Å². The normalized spacial score (nSPS) is 25.4. The summed E-state index contributed by atoms with van der Waals surface area (Å²) in [5, 5.41) is 0.184.